The highest BCUT2D eigenvalue weighted by atomic mass is 35.5. The highest BCUT2D eigenvalue weighted by Gasteiger charge is 2.21. The molecule has 6 heteroatoms. The molecular formula is C19H21ClN2O2S. The van der Waals surface area contributed by atoms with E-state index in [1.807, 2.05) is 42.5 Å². The molecule has 1 aromatic carbocycles. The maximum absolute atomic E-state index is 12.8. The first-order valence-electron chi connectivity index (χ1n) is 7.94. The summed E-state index contributed by atoms with van der Waals surface area (Å²) in [4.78, 5) is 27.1. The van der Waals surface area contributed by atoms with Crippen molar-refractivity contribution in [3.8, 4) is 0 Å². The van der Waals surface area contributed by atoms with Crippen LogP contribution in [0.15, 0.2) is 55.1 Å². The first-order chi connectivity index (χ1) is 12.0. The summed E-state index contributed by atoms with van der Waals surface area (Å²) in [6.45, 7) is 6.10. The van der Waals surface area contributed by atoms with Gasteiger partial charge in [0.1, 0.15) is 0 Å². The molecule has 0 aliphatic heterocycles. The van der Waals surface area contributed by atoms with Gasteiger partial charge in [-0.3, -0.25) is 9.59 Å². The number of amides is 2. The van der Waals surface area contributed by atoms with Gasteiger partial charge in [-0.2, -0.15) is 0 Å². The lowest BCUT2D eigenvalue weighted by molar-refractivity contribution is -0.132. The van der Waals surface area contributed by atoms with Crippen molar-refractivity contribution in [2.24, 2.45) is 0 Å². The summed E-state index contributed by atoms with van der Waals surface area (Å²) in [5.41, 5.74) is 0.906. The zero-order chi connectivity index (χ0) is 18.2. The predicted octanol–water partition coefficient (Wildman–Crippen LogP) is 4.18. The topological polar surface area (TPSA) is 49.4 Å². The van der Waals surface area contributed by atoms with Crippen molar-refractivity contribution in [1.29, 1.82) is 0 Å². The Morgan fingerprint density at radius 1 is 1.28 bits per heavy atom. The normalized spacial score (nSPS) is 11.6. The van der Waals surface area contributed by atoms with E-state index in [1.54, 1.807) is 11.0 Å². The summed E-state index contributed by atoms with van der Waals surface area (Å²) >= 11 is 7.42. The van der Waals surface area contributed by atoms with Crippen molar-refractivity contribution in [2.75, 3.05) is 6.54 Å². The van der Waals surface area contributed by atoms with Crippen LogP contribution in [0, 0.1) is 0 Å². The van der Waals surface area contributed by atoms with Gasteiger partial charge < -0.3 is 10.2 Å². The van der Waals surface area contributed by atoms with E-state index in [4.69, 9.17) is 11.6 Å². The number of hydrogen-bond acceptors (Lipinski definition) is 3. The largest absolute Gasteiger partial charge is 0.349 e. The van der Waals surface area contributed by atoms with Crippen molar-refractivity contribution in [1.82, 2.24) is 10.2 Å². The van der Waals surface area contributed by atoms with E-state index in [2.05, 4.69) is 11.9 Å². The van der Waals surface area contributed by atoms with Gasteiger partial charge in [-0.15, -0.1) is 17.9 Å². The average Bonchev–Trinajstić information content (AvgIpc) is 2.99. The van der Waals surface area contributed by atoms with Crippen LogP contribution in [-0.4, -0.2) is 23.3 Å². The standard InChI is InChI=1S/C19H21ClN2O2S/c1-3-11-22(13-16-9-10-18(20)25-16)19(24)12-17(21-14(2)23)15-7-5-4-6-8-15/h3-10,17H,1,11-13H2,2H3,(H,21,23)/t17-/m1/s1. The molecule has 0 saturated carbocycles. The van der Waals surface area contributed by atoms with Crippen molar-refractivity contribution in [3.05, 3.63) is 69.9 Å². The second kappa shape index (κ2) is 9.39. The highest BCUT2D eigenvalue weighted by molar-refractivity contribution is 7.16. The number of rotatable bonds is 8. The summed E-state index contributed by atoms with van der Waals surface area (Å²) in [6, 6.07) is 12.9. The molecule has 2 aromatic rings. The fraction of sp³-hybridized carbons (Fsp3) is 0.263. The molecule has 4 nitrogen and oxygen atoms in total. The Hall–Kier alpha value is -2.11. The number of thiophene rings is 1. The van der Waals surface area contributed by atoms with Crippen LogP contribution in [0.3, 0.4) is 0 Å². The average molecular weight is 377 g/mol. The Bertz CT molecular complexity index is 730. The van der Waals surface area contributed by atoms with E-state index < -0.39 is 0 Å². The minimum absolute atomic E-state index is 0.0491. The third-order valence-electron chi connectivity index (χ3n) is 3.64. The number of hydrogen-bond donors (Lipinski definition) is 1. The van der Waals surface area contributed by atoms with Gasteiger partial charge in [0.15, 0.2) is 0 Å². The molecule has 1 aromatic heterocycles. The molecule has 1 N–H and O–H groups in total. The van der Waals surface area contributed by atoms with E-state index in [9.17, 15) is 9.59 Å². The molecule has 0 saturated heterocycles. The number of nitrogens with zero attached hydrogens (tertiary/aromatic N) is 1. The van der Waals surface area contributed by atoms with Crippen LogP contribution in [0.4, 0.5) is 0 Å². The number of carbonyl (C=O) groups excluding carboxylic acids is 2. The smallest absolute Gasteiger partial charge is 0.225 e. The molecule has 1 heterocycles. The number of nitrogens with one attached hydrogen (secondary N) is 1. The van der Waals surface area contributed by atoms with Crippen LogP contribution in [-0.2, 0) is 16.1 Å². The Balaban J connectivity index is 2.12. The molecular weight excluding hydrogens is 356 g/mol. The molecule has 0 aliphatic rings. The van der Waals surface area contributed by atoms with E-state index in [1.165, 1.54) is 18.3 Å². The van der Waals surface area contributed by atoms with Gasteiger partial charge in [-0.1, -0.05) is 48.0 Å². The lowest BCUT2D eigenvalue weighted by atomic mass is 10.0. The van der Waals surface area contributed by atoms with E-state index in [0.29, 0.717) is 17.4 Å². The fourth-order valence-corrected chi connectivity index (χ4v) is 3.63. The minimum Gasteiger partial charge on any atom is -0.349 e. The molecule has 0 spiro atoms. The summed E-state index contributed by atoms with van der Waals surface area (Å²) in [6.07, 6.45) is 1.89. The zero-order valence-corrected chi connectivity index (χ0v) is 15.6. The minimum atomic E-state index is -0.356. The van der Waals surface area contributed by atoms with Crippen LogP contribution >= 0.6 is 22.9 Å². The summed E-state index contributed by atoms with van der Waals surface area (Å²) in [7, 11) is 0. The maximum Gasteiger partial charge on any atom is 0.225 e. The lowest BCUT2D eigenvalue weighted by Crippen LogP contribution is -2.35. The Kier molecular flexibility index (Phi) is 7.22. The van der Waals surface area contributed by atoms with Gasteiger partial charge in [0.25, 0.3) is 0 Å². The van der Waals surface area contributed by atoms with Gasteiger partial charge >= 0.3 is 0 Å². The molecule has 0 bridgehead atoms. The van der Waals surface area contributed by atoms with Crippen LogP contribution in [0.25, 0.3) is 0 Å². The molecule has 25 heavy (non-hydrogen) atoms. The third kappa shape index (κ3) is 6.03. The van der Waals surface area contributed by atoms with Crippen molar-refractivity contribution in [2.45, 2.75) is 25.9 Å². The van der Waals surface area contributed by atoms with Crippen LogP contribution in [0.5, 0.6) is 0 Å². The van der Waals surface area contributed by atoms with E-state index in [0.717, 1.165) is 10.4 Å². The summed E-state index contributed by atoms with van der Waals surface area (Å²) in [5.74, 6) is -0.214. The Morgan fingerprint density at radius 2 is 2.00 bits per heavy atom. The van der Waals surface area contributed by atoms with Gasteiger partial charge in [-0.25, -0.2) is 0 Å². The van der Waals surface area contributed by atoms with Gasteiger partial charge in [0.2, 0.25) is 11.8 Å². The second-order valence-corrected chi connectivity index (χ2v) is 7.44. The van der Waals surface area contributed by atoms with Gasteiger partial charge in [0.05, 0.1) is 23.3 Å². The van der Waals surface area contributed by atoms with Crippen molar-refractivity contribution < 1.29 is 9.59 Å². The number of benzene rings is 1. The van der Waals surface area contributed by atoms with Gasteiger partial charge in [0, 0.05) is 18.3 Å². The monoisotopic (exact) mass is 376 g/mol. The maximum atomic E-state index is 12.8. The SMILES string of the molecule is C=CCN(Cc1ccc(Cl)s1)C(=O)C[C@@H](NC(C)=O)c1ccccc1. The van der Waals surface area contributed by atoms with Crippen LogP contribution < -0.4 is 5.32 Å². The van der Waals surface area contributed by atoms with Crippen LogP contribution in [0.1, 0.15) is 29.8 Å². The molecule has 132 valence electrons. The molecule has 2 rings (SSSR count). The van der Waals surface area contributed by atoms with E-state index >= 15 is 0 Å². The number of halogens is 1. The van der Waals surface area contributed by atoms with Gasteiger partial charge in [-0.05, 0) is 17.7 Å². The van der Waals surface area contributed by atoms with Crippen molar-refractivity contribution in [3.63, 3.8) is 0 Å². The number of carbonyl (C=O) groups is 2. The molecule has 2 amide bonds. The second-order valence-electron chi connectivity index (χ2n) is 5.64. The first kappa shape index (κ1) is 19.2. The lowest BCUT2D eigenvalue weighted by Gasteiger charge is -2.24. The zero-order valence-electron chi connectivity index (χ0n) is 14.1. The van der Waals surface area contributed by atoms with Crippen LogP contribution in [0.2, 0.25) is 4.34 Å². The highest BCUT2D eigenvalue weighted by Crippen LogP contribution is 2.24. The quantitative estimate of drug-likeness (QED) is 0.702. The molecule has 0 fully saturated rings. The molecule has 0 radical (unpaired) electrons. The van der Waals surface area contributed by atoms with Crippen molar-refractivity contribution >= 4 is 34.8 Å². The fourth-order valence-electron chi connectivity index (χ4n) is 2.52. The van der Waals surface area contributed by atoms with E-state index in [-0.39, 0.29) is 24.3 Å². The first-order valence-corrected chi connectivity index (χ1v) is 9.14. The molecule has 0 aliphatic carbocycles. The summed E-state index contributed by atoms with van der Waals surface area (Å²) in [5, 5.41) is 2.86. The predicted molar refractivity (Wildman–Crippen MR) is 103 cm³/mol. The third-order valence-corrected chi connectivity index (χ3v) is 4.85. The molecule has 1 atom stereocenters. The Labute approximate surface area is 157 Å². The Morgan fingerprint density at radius 3 is 2.56 bits per heavy atom. The summed E-state index contributed by atoms with van der Waals surface area (Å²) < 4.78 is 0.696. The molecule has 0 unspecified atom stereocenters.